The average Bonchev–Trinajstić information content (AvgIpc) is 3.73. The highest BCUT2D eigenvalue weighted by Crippen LogP contribution is 2.35. The Balaban J connectivity index is 0.000000194. The van der Waals surface area contributed by atoms with Gasteiger partial charge in [0, 0.05) is 12.4 Å². The van der Waals surface area contributed by atoms with Crippen molar-refractivity contribution in [3.05, 3.63) is 200 Å². The van der Waals surface area contributed by atoms with E-state index in [-0.39, 0.29) is 5.16 Å². The number of hydrogen-bond acceptors (Lipinski definition) is 3. The van der Waals surface area contributed by atoms with Crippen molar-refractivity contribution in [3.8, 4) is 11.5 Å². The van der Waals surface area contributed by atoms with Gasteiger partial charge in [-0.15, -0.1) is 0 Å². The molecule has 7 aromatic rings. The van der Waals surface area contributed by atoms with Gasteiger partial charge in [0.2, 0.25) is 6.71 Å². The third kappa shape index (κ3) is 8.16. The van der Waals surface area contributed by atoms with Gasteiger partial charge in [-0.1, -0.05) is 167 Å². The first-order valence-corrected chi connectivity index (χ1v) is 18.8. The summed E-state index contributed by atoms with van der Waals surface area (Å²) >= 11 is 0. The maximum absolute atomic E-state index is 5.71. The molecule has 6 aromatic carbocycles. The van der Waals surface area contributed by atoms with E-state index >= 15 is 0 Å². The van der Waals surface area contributed by atoms with Crippen LogP contribution in [-0.2, 0) is 5.16 Å². The summed E-state index contributed by atoms with van der Waals surface area (Å²) in [6, 6.07) is 59.9. The van der Waals surface area contributed by atoms with Gasteiger partial charge in [0.1, 0.15) is 11.5 Å². The summed E-state index contributed by atoms with van der Waals surface area (Å²) in [6.45, 7) is 5.63. The summed E-state index contributed by atoms with van der Waals surface area (Å²) < 4.78 is 13.7. The lowest BCUT2D eigenvalue weighted by Gasteiger charge is -2.37. The summed E-state index contributed by atoms with van der Waals surface area (Å²) in [6.07, 6.45) is 5.86. The molecule has 0 aliphatic heterocycles. The van der Waals surface area contributed by atoms with Crippen LogP contribution in [0.15, 0.2) is 189 Å². The molecule has 0 atom stereocenters. The Bertz CT molecular complexity index is 1830. The zero-order chi connectivity index (χ0) is 34.4. The number of ether oxygens (including phenoxy) is 2. The molecule has 1 heterocycles. The molecule has 50 heavy (non-hydrogen) atoms. The van der Waals surface area contributed by atoms with Crippen molar-refractivity contribution in [2.24, 2.45) is 0 Å². The molecule has 0 saturated carbocycles. The lowest BCUT2D eigenvalue weighted by molar-refractivity contribution is 0.340. The molecular formula is C44H43BN2O2Si. The number of hydrogen-bond donors (Lipinski definition) is 0. The normalized spacial score (nSPS) is 11.1. The summed E-state index contributed by atoms with van der Waals surface area (Å²) in [5.74, 6) is 1.78. The Kier molecular flexibility index (Phi) is 11.8. The fourth-order valence-electron chi connectivity index (χ4n) is 6.64. The zero-order valence-electron chi connectivity index (χ0n) is 28.8. The summed E-state index contributed by atoms with van der Waals surface area (Å²) in [5.41, 5.74) is 6.46. The van der Waals surface area contributed by atoms with E-state index in [1.165, 1.54) is 32.7 Å². The molecule has 0 unspecified atom stereocenters. The first-order valence-electron chi connectivity index (χ1n) is 17.3. The van der Waals surface area contributed by atoms with Crippen LogP contribution in [0.2, 0.25) is 0 Å². The lowest BCUT2D eigenvalue weighted by atomic mass is 9.37. The van der Waals surface area contributed by atoms with Crippen molar-refractivity contribution in [3.63, 3.8) is 0 Å². The second-order valence-electron chi connectivity index (χ2n) is 12.1. The zero-order valence-corrected chi connectivity index (χ0v) is 30.2. The molecular weight excluding hydrogens is 627 g/mol. The van der Waals surface area contributed by atoms with E-state index in [1.807, 2.05) is 26.4 Å². The van der Waals surface area contributed by atoms with E-state index in [1.54, 1.807) is 0 Å². The van der Waals surface area contributed by atoms with Gasteiger partial charge >= 0.3 is 0 Å². The predicted molar refractivity (Wildman–Crippen MR) is 212 cm³/mol. The van der Waals surface area contributed by atoms with Crippen LogP contribution in [0.5, 0.6) is 11.5 Å². The minimum Gasteiger partial charge on any atom is -0.494 e. The molecule has 4 nitrogen and oxygen atoms in total. The molecule has 7 rings (SSSR count). The van der Waals surface area contributed by atoms with Gasteiger partial charge in [0.25, 0.3) is 0 Å². The topological polar surface area (TPSA) is 36.3 Å². The largest absolute Gasteiger partial charge is 0.494 e. The summed E-state index contributed by atoms with van der Waals surface area (Å²) in [5, 5.41) is 1.06. The van der Waals surface area contributed by atoms with Gasteiger partial charge in [0.15, 0.2) is 0 Å². The molecule has 0 radical (unpaired) electrons. The fraction of sp³-hybridized carbons (Fsp3) is 0.114. The predicted octanol–water partition coefficient (Wildman–Crippen LogP) is 6.13. The van der Waals surface area contributed by atoms with Crippen molar-refractivity contribution in [2.75, 3.05) is 13.2 Å². The Morgan fingerprint density at radius 2 is 0.940 bits per heavy atom. The summed E-state index contributed by atoms with van der Waals surface area (Å²) in [7, 11) is -0.876. The second kappa shape index (κ2) is 17.2. The maximum Gasteiger partial charge on any atom is 0.241 e. The van der Waals surface area contributed by atoms with Crippen LogP contribution in [0.1, 0.15) is 25.0 Å². The van der Waals surface area contributed by atoms with Crippen molar-refractivity contribution in [2.45, 2.75) is 19.0 Å². The van der Waals surface area contributed by atoms with E-state index < -0.39 is 9.52 Å². The standard InChI is InChI=1S/C26H28N2O2Si.C18H15B/c1-3-29-23-14-10-21(11-15-23)26(28-19-18-27-20-28,31-25-8-6-5-7-9-25)22-12-16-24(17-13-22)30-4-2;1-4-10-16(11-5-1)19(17-12-6-2-7-13-17)18-14-8-3-9-15-18/h5-20H,3-4,31H2,1-2H3;1-15H. The van der Waals surface area contributed by atoms with Crippen molar-refractivity contribution >= 4 is 37.8 Å². The highest BCUT2D eigenvalue weighted by Gasteiger charge is 2.37. The molecule has 248 valence electrons. The van der Waals surface area contributed by atoms with Gasteiger partial charge in [0.05, 0.1) is 34.2 Å². The molecule has 0 saturated heterocycles. The average molecular weight is 671 g/mol. The molecule has 0 aliphatic carbocycles. The molecule has 0 fully saturated rings. The van der Waals surface area contributed by atoms with E-state index in [2.05, 4.69) is 186 Å². The van der Waals surface area contributed by atoms with Crippen LogP contribution in [0.25, 0.3) is 0 Å². The third-order valence-electron chi connectivity index (χ3n) is 8.93. The fourth-order valence-corrected chi connectivity index (χ4v) is 8.99. The SMILES string of the molecule is CCOc1ccc(C([SiH2]c2ccccc2)(c2ccc(OCC)cc2)n2ccnc2)cc1.c1ccc(B(c2ccccc2)c2ccccc2)cc1. The van der Waals surface area contributed by atoms with Crippen molar-refractivity contribution in [1.82, 2.24) is 9.55 Å². The van der Waals surface area contributed by atoms with Gasteiger partial charge in [-0.25, -0.2) is 4.98 Å². The van der Waals surface area contributed by atoms with E-state index in [0.717, 1.165) is 11.5 Å². The van der Waals surface area contributed by atoms with Crippen molar-refractivity contribution in [1.29, 1.82) is 0 Å². The summed E-state index contributed by atoms with van der Waals surface area (Å²) in [4.78, 5) is 4.41. The number of rotatable bonds is 12. The Morgan fingerprint density at radius 3 is 1.30 bits per heavy atom. The number of nitrogens with zero attached hydrogens (tertiary/aromatic N) is 2. The quantitative estimate of drug-likeness (QED) is 0.147. The van der Waals surface area contributed by atoms with Gasteiger partial charge in [-0.2, -0.15) is 0 Å². The van der Waals surface area contributed by atoms with Crippen LogP contribution in [0.4, 0.5) is 0 Å². The Labute approximate surface area is 299 Å². The van der Waals surface area contributed by atoms with Crippen LogP contribution >= 0.6 is 0 Å². The Morgan fingerprint density at radius 1 is 0.540 bits per heavy atom. The first kappa shape index (κ1) is 34.3. The number of imidazole rings is 1. The molecule has 0 spiro atoms. The van der Waals surface area contributed by atoms with E-state index in [9.17, 15) is 0 Å². The number of aromatic nitrogens is 2. The maximum atomic E-state index is 5.71. The highest BCUT2D eigenvalue weighted by atomic mass is 28.2. The monoisotopic (exact) mass is 670 g/mol. The molecule has 0 aliphatic rings. The smallest absolute Gasteiger partial charge is 0.241 e. The van der Waals surface area contributed by atoms with Crippen LogP contribution in [-0.4, -0.2) is 39.0 Å². The van der Waals surface area contributed by atoms with E-state index in [0.29, 0.717) is 19.9 Å². The minimum absolute atomic E-state index is 0.309. The second-order valence-corrected chi connectivity index (χ2v) is 14.3. The van der Waals surface area contributed by atoms with Gasteiger partial charge in [-0.05, 0) is 49.2 Å². The van der Waals surface area contributed by atoms with Crippen LogP contribution in [0, 0.1) is 0 Å². The van der Waals surface area contributed by atoms with Crippen LogP contribution < -0.4 is 31.0 Å². The van der Waals surface area contributed by atoms with Gasteiger partial charge < -0.3 is 14.0 Å². The third-order valence-corrected chi connectivity index (χ3v) is 11.5. The number of benzene rings is 6. The van der Waals surface area contributed by atoms with Gasteiger partial charge in [-0.3, -0.25) is 0 Å². The lowest BCUT2D eigenvalue weighted by Crippen LogP contribution is -2.51. The molecule has 6 heteroatoms. The molecule has 0 amide bonds. The van der Waals surface area contributed by atoms with E-state index in [4.69, 9.17) is 9.47 Å². The molecule has 0 N–H and O–H groups in total. The minimum atomic E-state index is -0.876. The first-order chi connectivity index (χ1) is 24.7. The molecule has 1 aromatic heterocycles. The molecule has 0 bridgehead atoms. The Hall–Kier alpha value is -5.59. The van der Waals surface area contributed by atoms with Crippen LogP contribution in [0.3, 0.4) is 0 Å². The highest BCUT2D eigenvalue weighted by molar-refractivity contribution is 6.95. The van der Waals surface area contributed by atoms with Crippen molar-refractivity contribution < 1.29 is 9.47 Å².